The topological polar surface area (TPSA) is 22.2 Å². The van der Waals surface area contributed by atoms with Crippen molar-refractivity contribution < 1.29 is 0 Å². The van der Waals surface area contributed by atoms with E-state index in [1.54, 1.807) is 0 Å². The van der Waals surface area contributed by atoms with E-state index in [9.17, 15) is 0 Å². The van der Waals surface area contributed by atoms with E-state index in [0.717, 1.165) is 28.0 Å². The first-order valence-electron chi connectivity index (χ1n) is 9.84. The Morgan fingerprint density at radius 2 is 1.34 bits per heavy atom. The Hall–Kier alpha value is -3.85. The molecule has 0 saturated heterocycles. The van der Waals surface area contributed by atoms with E-state index < -0.39 is 0 Å². The van der Waals surface area contributed by atoms with Crippen LogP contribution in [-0.4, -0.2) is 14.0 Å². The summed E-state index contributed by atoms with van der Waals surface area (Å²) in [5.41, 5.74) is 9.29. The zero-order valence-electron chi connectivity index (χ0n) is 16.1. The van der Waals surface area contributed by atoms with E-state index in [1.807, 2.05) is 12.1 Å². The lowest BCUT2D eigenvalue weighted by Gasteiger charge is -2.07. The minimum Gasteiger partial charge on any atom is -0.278 e. The summed E-state index contributed by atoms with van der Waals surface area (Å²) in [4.78, 5) is 4.96. The van der Waals surface area contributed by atoms with E-state index in [0.29, 0.717) is 0 Å². The molecule has 0 aliphatic carbocycles. The molecule has 2 aromatic heterocycles. The van der Waals surface area contributed by atoms with Gasteiger partial charge in [0, 0.05) is 5.69 Å². The SMILES string of the molecule is Cc1ccc2c(c1)n1c3ccccc3nc1n2-c1ccc(-c2ccccc2)cc1. The van der Waals surface area contributed by atoms with Crippen LogP contribution in [0, 0.1) is 6.92 Å². The lowest BCUT2D eigenvalue weighted by atomic mass is 10.1. The first-order valence-corrected chi connectivity index (χ1v) is 9.84. The Labute approximate surface area is 168 Å². The standard InChI is InChI=1S/C26H19N3/c1-18-11-16-24-25(17-18)29-23-10-6-5-9-22(23)27-26(29)28(24)21-14-12-20(13-15-21)19-7-3-2-4-8-19/h2-17H,1H3. The highest BCUT2D eigenvalue weighted by atomic mass is 15.2. The fraction of sp³-hybridized carbons (Fsp3) is 0.0385. The molecule has 0 fully saturated rings. The molecule has 0 amide bonds. The molecule has 4 aromatic carbocycles. The minimum atomic E-state index is 0.944. The zero-order chi connectivity index (χ0) is 19.4. The molecule has 0 N–H and O–H groups in total. The number of imidazole rings is 2. The molecule has 0 unspecified atom stereocenters. The molecule has 6 rings (SSSR count). The van der Waals surface area contributed by atoms with Crippen LogP contribution < -0.4 is 0 Å². The third kappa shape index (κ3) is 2.41. The second-order valence-electron chi connectivity index (χ2n) is 7.48. The minimum absolute atomic E-state index is 0.944. The van der Waals surface area contributed by atoms with Gasteiger partial charge in [-0.2, -0.15) is 0 Å². The van der Waals surface area contributed by atoms with Crippen LogP contribution in [0.2, 0.25) is 0 Å². The summed E-state index contributed by atoms with van der Waals surface area (Å²) < 4.78 is 4.52. The molecule has 2 heterocycles. The van der Waals surface area contributed by atoms with Crippen molar-refractivity contribution in [2.24, 2.45) is 0 Å². The molecule has 0 aliphatic rings. The fourth-order valence-corrected chi connectivity index (χ4v) is 4.20. The monoisotopic (exact) mass is 373 g/mol. The van der Waals surface area contributed by atoms with Gasteiger partial charge in [-0.15, -0.1) is 0 Å². The summed E-state index contributed by atoms with van der Waals surface area (Å²) >= 11 is 0. The van der Waals surface area contributed by atoms with Crippen molar-refractivity contribution in [2.45, 2.75) is 6.92 Å². The maximum absolute atomic E-state index is 4.96. The Morgan fingerprint density at radius 3 is 2.17 bits per heavy atom. The van der Waals surface area contributed by atoms with Crippen molar-refractivity contribution >= 4 is 27.8 Å². The summed E-state index contributed by atoms with van der Waals surface area (Å²) in [6.07, 6.45) is 0. The highest BCUT2D eigenvalue weighted by molar-refractivity contribution is 5.92. The van der Waals surface area contributed by atoms with Crippen LogP contribution in [0.15, 0.2) is 97.1 Å². The van der Waals surface area contributed by atoms with Crippen LogP contribution in [0.25, 0.3) is 44.7 Å². The van der Waals surface area contributed by atoms with Gasteiger partial charge in [0.2, 0.25) is 5.78 Å². The lowest BCUT2D eigenvalue weighted by Crippen LogP contribution is -1.95. The fourth-order valence-electron chi connectivity index (χ4n) is 4.20. The van der Waals surface area contributed by atoms with Gasteiger partial charge >= 0.3 is 0 Å². The van der Waals surface area contributed by atoms with Gasteiger partial charge in [0.15, 0.2) is 0 Å². The second kappa shape index (κ2) is 6.08. The highest BCUT2D eigenvalue weighted by Crippen LogP contribution is 2.30. The number of hydrogen-bond donors (Lipinski definition) is 0. The Kier molecular flexibility index (Phi) is 3.38. The number of hydrogen-bond acceptors (Lipinski definition) is 1. The third-order valence-electron chi connectivity index (χ3n) is 5.59. The summed E-state index contributed by atoms with van der Waals surface area (Å²) in [6, 6.07) is 34.1. The van der Waals surface area contributed by atoms with Crippen LogP contribution in [-0.2, 0) is 0 Å². The predicted octanol–water partition coefficient (Wildman–Crippen LogP) is 6.41. The van der Waals surface area contributed by atoms with Crippen LogP contribution >= 0.6 is 0 Å². The van der Waals surface area contributed by atoms with E-state index >= 15 is 0 Å². The van der Waals surface area contributed by atoms with E-state index in [4.69, 9.17) is 4.98 Å². The number of fused-ring (bicyclic) bond motifs is 5. The normalized spacial score (nSPS) is 11.6. The largest absolute Gasteiger partial charge is 0.278 e. The number of rotatable bonds is 2. The van der Waals surface area contributed by atoms with Gasteiger partial charge in [0.05, 0.1) is 22.1 Å². The quantitative estimate of drug-likeness (QED) is 0.344. The van der Waals surface area contributed by atoms with Gasteiger partial charge in [-0.05, 0) is 60.0 Å². The zero-order valence-corrected chi connectivity index (χ0v) is 16.1. The maximum Gasteiger partial charge on any atom is 0.220 e. The van der Waals surface area contributed by atoms with Crippen LogP contribution in [0.3, 0.4) is 0 Å². The number of aryl methyl sites for hydroxylation is 1. The molecule has 0 spiro atoms. The lowest BCUT2D eigenvalue weighted by molar-refractivity contribution is 1.11. The van der Waals surface area contributed by atoms with Gasteiger partial charge in [-0.1, -0.05) is 60.7 Å². The Balaban J connectivity index is 1.64. The van der Waals surface area contributed by atoms with Gasteiger partial charge in [-0.25, -0.2) is 4.98 Å². The molecular formula is C26H19N3. The molecule has 3 nitrogen and oxygen atoms in total. The summed E-state index contributed by atoms with van der Waals surface area (Å²) in [6.45, 7) is 2.14. The third-order valence-corrected chi connectivity index (χ3v) is 5.59. The van der Waals surface area contributed by atoms with Crippen LogP contribution in [0.1, 0.15) is 5.56 Å². The van der Waals surface area contributed by atoms with E-state index in [1.165, 1.54) is 22.2 Å². The van der Waals surface area contributed by atoms with Gasteiger partial charge in [-0.3, -0.25) is 8.97 Å². The molecular weight excluding hydrogens is 354 g/mol. The second-order valence-corrected chi connectivity index (χ2v) is 7.48. The predicted molar refractivity (Wildman–Crippen MR) is 120 cm³/mol. The van der Waals surface area contributed by atoms with Crippen molar-refractivity contribution in [3.63, 3.8) is 0 Å². The first-order chi connectivity index (χ1) is 14.3. The molecule has 6 aromatic rings. The van der Waals surface area contributed by atoms with E-state index in [2.05, 4.69) is 101 Å². The summed E-state index contributed by atoms with van der Waals surface area (Å²) in [5, 5.41) is 0. The van der Waals surface area contributed by atoms with Crippen molar-refractivity contribution in [2.75, 3.05) is 0 Å². The highest BCUT2D eigenvalue weighted by Gasteiger charge is 2.17. The van der Waals surface area contributed by atoms with Gasteiger partial charge in [0.25, 0.3) is 0 Å². The van der Waals surface area contributed by atoms with Gasteiger partial charge in [0.1, 0.15) is 0 Å². The maximum atomic E-state index is 4.96. The first kappa shape index (κ1) is 16.1. The Morgan fingerprint density at radius 1 is 0.621 bits per heavy atom. The molecule has 0 bridgehead atoms. The molecule has 0 saturated carbocycles. The van der Waals surface area contributed by atoms with Crippen LogP contribution in [0.4, 0.5) is 0 Å². The molecule has 0 atom stereocenters. The average Bonchev–Trinajstić information content (AvgIpc) is 3.29. The summed E-state index contributed by atoms with van der Waals surface area (Å²) in [7, 11) is 0. The van der Waals surface area contributed by atoms with Crippen molar-refractivity contribution in [1.82, 2.24) is 14.0 Å². The number of aromatic nitrogens is 3. The number of nitrogens with zero attached hydrogens (tertiary/aromatic N) is 3. The van der Waals surface area contributed by atoms with Crippen molar-refractivity contribution in [1.29, 1.82) is 0 Å². The smallest absolute Gasteiger partial charge is 0.220 e. The molecule has 0 aliphatic heterocycles. The van der Waals surface area contributed by atoms with Gasteiger partial charge < -0.3 is 0 Å². The number of benzene rings is 4. The molecule has 138 valence electrons. The van der Waals surface area contributed by atoms with E-state index in [-0.39, 0.29) is 0 Å². The summed E-state index contributed by atoms with van der Waals surface area (Å²) in [5.74, 6) is 0.944. The average molecular weight is 373 g/mol. The molecule has 0 radical (unpaired) electrons. The molecule has 29 heavy (non-hydrogen) atoms. The molecule has 3 heteroatoms. The van der Waals surface area contributed by atoms with Crippen molar-refractivity contribution in [3.05, 3.63) is 103 Å². The Bertz CT molecular complexity index is 1490. The van der Waals surface area contributed by atoms with Crippen molar-refractivity contribution in [3.8, 4) is 16.8 Å². The number of para-hydroxylation sites is 2. The van der Waals surface area contributed by atoms with Crippen LogP contribution in [0.5, 0.6) is 0 Å².